The van der Waals surface area contributed by atoms with E-state index in [1.807, 2.05) is 0 Å². The van der Waals surface area contributed by atoms with Crippen molar-refractivity contribution in [2.75, 3.05) is 0 Å². The molecule has 0 bridgehead atoms. The largest absolute Gasteiger partial charge is 0.367 e. The van der Waals surface area contributed by atoms with E-state index in [0.717, 1.165) is 5.84 Å². The molecule has 0 saturated heterocycles. The first-order valence-electron chi connectivity index (χ1n) is 3.29. The number of nitrogens with one attached hydrogen (secondary N) is 2. The fourth-order valence-electron chi connectivity index (χ4n) is 0.824. The molecule has 1 aliphatic heterocycles. The van der Waals surface area contributed by atoms with Crippen LogP contribution in [0, 0.1) is 5.92 Å². The third kappa shape index (κ3) is 0.896. The molecule has 5 heteroatoms. The van der Waals surface area contributed by atoms with E-state index in [1.165, 1.54) is 12.8 Å². The molecule has 2 rings (SSSR count). The molecule has 0 amide bonds. The molecule has 54 valence electrons. The molecule has 2 aliphatic rings. The van der Waals surface area contributed by atoms with Gasteiger partial charge in [0.25, 0.3) is 0 Å². The van der Waals surface area contributed by atoms with Gasteiger partial charge in [0.15, 0.2) is 0 Å². The Hall–Kier alpha value is -1.26. The quantitative estimate of drug-likeness (QED) is 0.442. The summed E-state index contributed by atoms with van der Waals surface area (Å²) in [5, 5.41) is 7.75. The van der Waals surface area contributed by atoms with Crippen LogP contribution in [0.3, 0.4) is 0 Å². The number of hydrogen-bond acceptors (Lipinski definition) is 5. The zero-order valence-electron chi connectivity index (χ0n) is 5.46. The van der Waals surface area contributed by atoms with E-state index in [4.69, 9.17) is 5.73 Å². The van der Waals surface area contributed by atoms with Crippen molar-refractivity contribution in [1.82, 2.24) is 10.9 Å². The van der Waals surface area contributed by atoms with Gasteiger partial charge in [-0.15, -0.1) is 5.10 Å². The first-order chi connectivity index (χ1) is 4.86. The van der Waals surface area contributed by atoms with Crippen LogP contribution in [0.2, 0.25) is 0 Å². The van der Waals surface area contributed by atoms with Crippen LogP contribution in [0.25, 0.3) is 0 Å². The Bertz CT molecular complexity index is 202. The lowest BCUT2D eigenvalue weighted by atomic mass is 10.4. The molecule has 10 heavy (non-hydrogen) atoms. The second-order valence-electron chi connectivity index (χ2n) is 2.49. The van der Waals surface area contributed by atoms with Gasteiger partial charge in [-0.2, -0.15) is 5.10 Å². The number of amidine groups is 1. The SMILES string of the molecule is NC1=NNC(C2CC2)=NN1. The van der Waals surface area contributed by atoms with E-state index in [2.05, 4.69) is 21.1 Å². The number of hydrazone groups is 2. The number of guanidine groups is 1. The Morgan fingerprint density at radius 2 is 2.10 bits per heavy atom. The van der Waals surface area contributed by atoms with Gasteiger partial charge in [0.05, 0.1) is 0 Å². The Kier molecular flexibility index (Phi) is 1.03. The van der Waals surface area contributed by atoms with Crippen molar-refractivity contribution in [1.29, 1.82) is 0 Å². The minimum absolute atomic E-state index is 0.324. The van der Waals surface area contributed by atoms with Gasteiger partial charge in [-0.05, 0) is 12.8 Å². The average molecular weight is 139 g/mol. The van der Waals surface area contributed by atoms with Gasteiger partial charge in [-0.3, -0.25) is 5.43 Å². The summed E-state index contributed by atoms with van der Waals surface area (Å²) in [5.74, 6) is 1.82. The van der Waals surface area contributed by atoms with Crippen molar-refractivity contribution >= 4 is 11.8 Å². The van der Waals surface area contributed by atoms with Crippen LogP contribution >= 0.6 is 0 Å². The zero-order chi connectivity index (χ0) is 6.97. The smallest absolute Gasteiger partial charge is 0.232 e. The minimum atomic E-state index is 0.324. The lowest BCUT2D eigenvalue weighted by Crippen LogP contribution is -2.38. The molecule has 1 aliphatic carbocycles. The van der Waals surface area contributed by atoms with Gasteiger partial charge in [0, 0.05) is 5.92 Å². The van der Waals surface area contributed by atoms with Crippen LogP contribution < -0.4 is 16.6 Å². The highest BCUT2D eigenvalue weighted by Gasteiger charge is 2.28. The monoisotopic (exact) mass is 139 g/mol. The second kappa shape index (κ2) is 1.86. The van der Waals surface area contributed by atoms with Crippen LogP contribution in [0.1, 0.15) is 12.8 Å². The summed E-state index contributed by atoms with van der Waals surface area (Å²) in [5.41, 5.74) is 10.7. The lowest BCUT2D eigenvalue weighted by Gasteiger charge is -2.10. The van der Waals surface area contributed by atoms with Crippen molar-refractivity contribution in [2.24, 2.45) is 21.9 Å². The third-order valence-electron chi connectivity index (χ3n) is 1.55. The molecular formula is C5H9N5. The molecule has 1 heterocycles. The summed E-state index contributed by atoms with van der Waals surface area (Å²) >= 11 is 0. The van der Waals surface area contributed by atoms with E-state index < -0.39 is 0 Å². The van der Waals surface area contributed by atoms with E-state index in [9.17, 15) is 0 Å². The van der Waals surface area contributed by atoms with Crippen molar-refractivity contribution in [2.45, 2.75) is 12.8 Å². The maximum atomic E-state index is 5.29. The van der Waals surface area contributed by atoms with Crippen molar-refractivity contribution in [3.8, 4) is 0 Å². The number of rotatable bonds is 1. The summed E-state index contributed by atoms with van der Waals surface area (Å²) in [4.78, 5) is 0. The molecule has 0 unspecified atom stereocenters. The lowest BCUT2D eigenvalue weighted by molar-refractivity contribution is 0.832. The first-order valence-corrected chi connectivity index (χ1v) is 3.29. The van der Waals surface area contributed by atoms with E-state index in [1.54, 1.807) is 0 Å². The van der Waals surface area contributed by atoms with Gasteiger partial charge in [-0.25, -0.2) is 5.43 Å². The van der Waals surface area contributed by atoms with Gasteiger partial charge in [-0.1, -0.05) is 0 Å². The maximum absolute atomic E-state index is 5.29. The van der Waals surface area contributed by atoms with Gasteiger partial charge in [0.2, 0.25) is 5.96 Å². The molecule has 0 atom stereocenters. The summed E-state index contributed by atoms with van der Waals surface area (Å²) in [7, 11) is 0. The van der Waals surface area contributed by atoms with Crippen LogP contribution in [-0.4, -0.2) is 11.8 Å². The normalized spacial score (nSPS) is 24.0. The average Bonchev–Trinajstić information content (AvgIpc) is 2.71. The standard InChI is InChI=1S/C5H9N5/c6-5-9-7-4(8-10-5)3-1-2-3/h3H,1-2H2,(H,7,8)(H3,6,9,10). The van der Waals surface area contributed by atoms with Gasteiger partial charge in [0.1, 0.15) is 5.84 Å². The Morgan fingerprint density at radius 1 is 1.30 bits per heavy atom. The Labute approximate surface area is 58.4 Å². The molecule has 0 spiro atoms. The predicted octanol–water partition coefficient (Wildman–Crippen LogP) is -0.868. The van der Waals surface area contributed by atoms with Crippen LogP contribution in [-0.2, 0) is 0 Å². The fraction of sp³-hybridized carbons (Fsp3) is 0.600. The van der Waals surface area contributed by atoms with E-state index >= 15 is 0 Å². The minimum Gasteiger partial charge on any atom is -0.367 e. The molecule has 1 saturated carbocycles. The molecule has 0 aromatic carbocycles. The summed E-state index contributed by atoms with van der Waals surface area (Å²) in [6.45, 7) is 0. The molecular weight excluding hydrogens is 130 g/mol. The predicted molar refractivity (Wildman–Crippen MR) is 38.1 cm³/mol. The highest BCUT2D eigenvalue weighted by atomic mass is 15.5. The Morgan fingerprint density at radius 3 is 2.60 bits per heavy atom. The molecule has 1 fully saturated rings. The van der Waals surface area contributed by atoms with Gasteiger partial charge >= 0.3 is 0 Å². The van der Waals surface area contributed by atoms with Crippen LogP contribution in [0.4, 0.5) is 0 Å². The molecule has 0 aromatic rings. The highest BCUT2D eigenvalue weighted by Crippen LogP contribution is 2.29. The van der Waals surface area contributed by atoms with Crippen LogP contribution in [0.5, 0.6) is 0 Å². The fourth-order valence-corrected chi connectivity index (χ4v) is 0.824. The van der Waals surface area contributed by atoms with Crippen molar-refractivity contribution in [3.05, 3.63) is 0 Å². The first kappa shape index (κ1) is 5.52. The second-order valence-corrected chi connectivity index (χ2v) is 2.49. The van der Waals surface area contributed by atoms with E-state index in [0.29, 0.717) is 11.9 Å². The number of hydrogen-bond donors (Lipinski definition) is 3. The number of nitrogens with zero attached hydrogens (tertiary/aromatic N) is 2. The van der Waals surface area contributed by atoms with Gasteiger partial charge < -0.3 is 5.73 Å². The van der Waals surface area contributed by atoms with E-state index in [-0.39, 0.29) is 0 Å². The maximum Gasteiger partial charge on any atom is 0.232 e. The van der Waals surface area contributed by atoms with Crippen molar-refractivity contribution < 1.29 is 0 Å². The molecule has 0 radical (unpaired) electrons. The summed E-state index contributed by atoms with van der Waals surface area (Å²) < 4.78 is 0. The van der Waals surface area contributed by atoms with Crippen LogP contribution in [0.15, 0.2) is 10.2 Å². The Balaban J connectivity index is 2.00. The number of nitrogens with two attached hydrogens (primary N) is 1. The highest BCUT2D eigenvalue weighted by molar-refractivity contribution is 5.91. The third-order valence-corrected chi connectivity index (χ3v) is 1.55. The summed E-state index contributed by atoms with van der Waals surface area (Å²) in [6, 6.07) is 0. The summed E-state index contributed by atoms with van der Waals surface area (Å²) in [6.07, 6.45) is 2.42. The van der Waals surface area contributed by atoms with Crippen molar-refractivity contribution in [3.63, 3.8) is 0 Å². The molecule has 0 aromatic heterocycles. The topological polar surface area (TPSA) is 74.8 Å². The molecule has 5 nitrogen and oxygen atoms in total. The molecule has 4 N–H and O–H groups in total. The zero-order valence-corrected chi connectivity index (χ0v) is 5.46.